The van der Waals surface area contributed by atoms with E-state index in [0.717, 1.165) is 17.0 Å². The first-order valence-electron chi connectivity index (χ1n) is 6.88. The standard InChI is InChI=1S/C14H18N2O3S2/c1-21(18,19)13-9-20-7-6-16(13)14(17)11-8-15-12-5-3-2-4-10(11)12/h2-5,11,13,15H,6-9H2,1H3. The maximum Gasteiger partial charge on any atom is 0.233 e. The molecule has 0 spiro atoms. The van der Waals surface area contributed by atoms with Crippen LogP contribution in [0, 0.1) is 0 Å². The van der Waals surface area contributed by atoms with Crippen LogP contribution >= 0.6 is 11.8 Å². The Morgan fingerprint density at radius 1 is 1.38 bits per heavy atom. The van der Waals surface area contributed by atoms with Gasteiger partial charge in [0.2, 0.25) is 5.91 Å². The summed E-state index contributed by atoms with van der Waals surface area (Å²) in [6.07, 6.45) is 1.21. The van der Waals surface area contributed by atoms with Crippen LogP contribution in [0.25, 0.3) is 0 Å². The highest BCUT2D eigenvalue weighted by molar-refractivity contribution is 8.00. The van der Waals surface area contributed by atoms with Crippen molar-refractivity contribution in [1.29, 1.82) is 0 Å². The van der Waals surface area contributed by atoms with E-state index in [4.69, 9.17) is 0 Å². The number of carbonyl (C=O) groups excluding carboxylic acids is 1. The monoisotopic (exact) mass is 326 g/mol. The molecule has 1 aromatic carbocycles. The average Bonchev–Trinajstić information content (AvgIpc) is 2.89. The molecule has 2 aliphatic rings. The van der Waals surface area contributed by atoms with Crippen molar-refractivity contribution in [3.8, 4) is 0 Å². The fourth-order valence-electron chi connectivity index (χ4n) is 2.89. The normalized spacial score (nSPS) is 25.3. The second-order valence-electron chi connectivity index (χ2n) is 5.41. The molecule has 2 aliphatic heterocycles. The van der Waals surface area contributed by atoms with Crippen LogP contribution < -0.4 is 5.32 Å². The Morgan fingerprint density at radius 2 is 2.14 bits per heavy atom. The number of fused-ring (bicyclic) bond motifs is 1. The fourth-order valence-corrected chi connectivity index (χ4v) is 5.72. The second-order valence-corrected chi connectivity index (χ2v) is 8.76. The number of carbonyl (C=O) groups is 1. The van der Waals surface area contributed by atoms with Gasteiger partial charge in [0, 0.05) is 36.5 Å². The van der Waals surface area contributed by atoms with Gasteiger partial charge >= 0.3 is 0 Å². The van der Waals surface area contributed by atoms with E-state index in [9.17, 15) is 13.2 Å². The molecule has 21 heavy (non-hydrogen) atoms. The quantitative estimate of drug-likeness (QED) is 0.883. The Kier molecular flexibility index (Phi) is 3.88. The lowest BCUT2D eigenvalue weighted by Gasteiger charge is -2.35. The molecule has 0 aliphatic carbocycles. The number of anilines is 1. The van der Waals surface area contributed by atoms with Gasteiger partial charge in [0.25, 0.3) is 0 Å². The summed E-state index contributed by atoms with van der Waals surface area (Å²) >= 11 is 1.59. The van der Waals surface area contributed by atoms with Crippen LogP contribution in [0.5, 0.6) is 0 Å². The zero-order valence-corrected chi connectivity index (χ0v) is 13.4. The SMILES string of the molecule is CS(=O)(=O)C1CSCCN1C(=O)C1CNc2ccccc21. The lowest BCUT2D eigenvalue weighted by Crippen LogP contribution is -2.51. The topological polar surface area (TPSA) is 66.5 Å². The van der Waals surface area contributed by atoms with Crippen LogP contribution in [0.1, 0.15) is 11.5 Å². The van der Waals surface area contributed by atoms with E-state index in [-0.39, 0.29) is 11.8 Å². The van der Waals surface area contributed by atoms with Crippen molar-refractivity contribution in [3.63, 3.8) is 0 Å². The highest BCUT2D eigenvalue weighted by atomic mass is 32.2. The third-order valence-corrected chi connectivity index (χ3v) is 6.64. The van der Waals surface area contributed by atoms with Crippen molar-refractivity contribution in [2.45, 2.75) is 11.3 Å². The molecule has 1 amide bonds. The van der Waals surface area contributed by atoms with Crippen molar-refractivity contribution in [2.24, 2.45) is 0 Å². The third kappa shape index (κ3) is 2.76. The van der Waals surface area contributed by atoms with Gasteiger partial charge in [-0.3, -0.25) is 4.79 Å². The number of sulfone groups is 1. The number of thioether (sulfide) groups is 1. The molecule has 1 N–H and O–H groups in total. The largest absolute Gasteiger partial charge is 0.384 e. The number of rotatable bonds is 2. The number of amides is 1. The molecule has 1 saturated heterocycles. The molecule has 0 bridgehead atoms. The number of hydrogen-bond donors (Lipinski definition) is 1. The number of hydrogen-bond acceptors (Lipinski definition) is 5. The summed E-state index contributed by atoms with van der Waals surface area (Å²) in [5, 5.41) is 2.52. The molecule has 1 fully saturated rings. The minimum Gasteiger partial charge on any atom is -0.384 e. The predicted octanol–water partition coefficient (Wildman–Crippen LogP) is 1.14. The smallest absolute Gasteiger partial charge is 0.233 e. The minimum atomic E-state index is -3.26. The molecule has 7 heteroatoms. The van der Waals surface area contributed by atoms with Crippen LogP contribution in [0.2, 0.25) is 0 Å². The van der Waals surface area contributed by atoms with Crippen molar-refractivity contribution in [3.05, 3.63) is 29.8 Å². The molecule has 2 atom stereocenters. The van der Waals surface area contributed by atoms with Gasteiger partial charge in [-0.05, 0) is 11.6 Å². The van der Waals surface area contributed by atoms with Crippen LogP contribution in [0.4, 0.5) is 5.69 Å². The first-order valence-corrected chi connectivity index (χ1v) is 9.99. The van der Waals surface area contributed by atoms with E-state index in [1.807, 2.05) is 24.3 Å². The van der Waals surface area contributed by atoms with E-state index in [1.165, 1.54) is 6.26 Å². The summed E-state index contributed by atoms with van der Waals surface area (Å²) in [5.74, 6) is 0.892. The summed E-state index contributed by atoms with van der Waals surface area (Å²) in [6, 6.07) is 7.72. The Labute approximate surface area is 129 Å². The zero-order valence-electron chi connectivity index (χ0n) is 11.8. The van der Waals surface area contributed by atoms with Crippen LogP contribution in [-0.2, 0) is 14.6 Å². The summed E-state index contributed by atoms with van der Waals surface area (Å²) < 4.78 is 23.9. The molecule has 0 radical (unpaired) electrons. The molecule has 0 saturated carbocycles. The van der Waals surface area contributed by atoms with Gasteiger partial charge in [0.1, 0.15) is 5.37 Å². The Hall–Kier alpha value is -1.21. The first kappa shape index (κ1) is 14.7. The van der Waals surface area contributed by atoms with E-state index in [0.29, 0.717) is 18.8 Å². The summed E-state index contributed by atoms with van der Waals surface area (Å²) in [5.41, 5.74) is 1.94. The maximum atomic E-state index is 12.8. The fraction of sp³-hybridized carbons (Fsp3) is 0.500. The molecule has 0 aromatic heterocycles. The Morgan fingerprint density at radius 3 is 2.90 bits per heavy atom. The zero-order chi connectivity index (χ0) is 15.0. The lowest BCUT2D eigenvalue weighted by atomic mass is 10.00. The predicted molar refractivity (Wildman–Crippen MR) is 85.3 cm³/mol. The molecule has 5 nitrogen and oxygen atoms in total. The third-order valence-electron chi connectivity index (χ3n) is 3.99. The van der Waals surface area contributed by atoms with Crippen molar-refractivity contribution in [1.82, 2.24) is 4.90 Å². The molecule has 3 rings (SSSR count). The molecule has 1 aromatic rings. The summed E-state index contributed by atoms with van der Waals surface area (Å²) in [6.45, 7) is 1.04. The van der Waals surface area contributed by atoms with E-state index in [1.54, 1.807) is 16.7 Å². The maximum absolute atomic E-state index is 12.8. The number of nitrogens with zero attached hydrogens (tertiary/aromatic N) is 1. The van der Waals surface area contributed by atoms with E-state index in [2.05, 4.69) is 5.32 Å². The van der Waals surface area contributed by atoms with E-state index < -0.39 is 15.2 Å². The van der Waals surface area contributed by atoms with Gasteiger partial charge in [-0.1, -0.05) is 18.2 Å². The van der Waals surface area contributed by atoms with Crippen molar-refractivity contribution in [2.75, 3.05) is 36.2 Å². The van der Waals surface area contributed by atoms with Gasteiger partial charge < -0.3 is 10.2 Å². The number of para-hydroxylation sites is 1. The molecular formula is C14H18N2O3S2. The summed E-state index contributed by atoms with van der Waals surface area (Å²) in [7, 11) is -3.26. The van der Waals surface area contributed by atoms with Crippen molar-refractivity contribution >= 4 is 33.2 Å². The van der Waals surface area contributed by atoms with Crippen LogP contribution in [0.15, 0.2) is 24.3 Å². The Bertz CT molecular complexity index is 660. The van der Waals surface area contributed by atoms with E-state index >= 15 is 0 Å². The van der Waals surface area contributed by atoms with Crippen molar-refractivity contribution < 1.29 is 13.2 Å². The summed E-state index contributed by atoms with van der Waals surface area (Å²) in [4.78, 5) is 14.4. The number of nitrogens with one attached hydrogen (secondary N) is 1. The molecule has 114 valence electrons. The minimum absolute atomic E-state index is 0.0804. The highest BCUT2D eigenvalue weighted by Gasteiger charge is 2.39. The van der Waals surface area contributed by atoms with Gasteiger partial charge in [0.05, 0.1) is 5.92 Å². The van der Waals surface area contributed by atoms with Gasteiger partial charge in [-0.15, -0.1) is 0 Å². The van der Waals surface area contributed by atoms with Gasteiger partial charge in [-0.25, -0.2) is 8.42 Å². The molecule has 2 unspecified atom stereocenters. The number of benzene rings is 1. The molecular weight excluding hydrogens is 308 g/mol. The van der Waals surface area contributed by atoms with Crippen LogP contribution in [0.3, 0.4) is 0 Å². The van der Waals surface area contributed by atoms with Crippen LogP contribution in [-0.4, -0.2) is 55.4 Å². The highest BCUT2D eigenvalue weighted by Crippen LogP contribution is 2.34. The van der Waals surface area contributed by atoms with Gasteiger partial charge in [-0.2, -0.15) is 11.8 Å². The Balaban J connectivity index is 1.88. The average molecular weight is 326 g/mol. The van der Waals surface area contributed by atoms with Gasteiger partial charge in [0.15, 0.2) is 9.84 Å². The molecule has 2 heterocycles. The first-order chi connectivity index (χ1) is 9.98. The second kappa shape index (κ2) is 5.53. The lowest BCUT2D eigenvalue weighted by molar-refractivity contribution is -0.132.